The van der Waals surface area contributed by atoms with Crippen molar-refractivity contribution in [2.24, 2.45) is 0 Å². The molecule has 0 spiro atoms. The number of imide groups is 1. The van der Waals surface area contributed by atoms with Gasteiger partial charge in [-0.2, -0.15) is 0 Å². The van der Waals surface area contributed by atoms with Crippen LogP contribution >= 0.6 is 46.1 Å². The molecule has 0 bridgehead atoms. The molecule has 3 amide bonds. The standard InChI is InChI=1S/C3HCl2IN2O2/c4-3(5)1(9)7-2(10)8(3)6/h(H,7,9,10). The van der Waals surface area contributed by atoms with Crippen LogP contribution in [0.5, 0.6) is 0 Å². The molecule has 1 saturated heterocycles. The number of hydrogen-bond acceptors (Lipinski definition) is 2. The fourth-order valence-corrected chi connectivity index (χ4v) is 1.03. The molecule has 1 aliphatic rings. The summed E-state index contributed by atoms with van der Waals surface area (Å²) in [4.78, 5) is 21.3. The fraction of sp³-hybridized carbons (Fsp3) is 0.333. The van der Waals surface area contributed by atoms with Gasteiger partial charge in [0.05, 0.1) is 22.9 Å². The Hall–Kier alpha value is 0.250. The highest BCUT2D eigenvalue weighted by Crippen LogP contribution is 2.33. The summed E-state index contributed by atoms with van der Waals surface area (Å²) < 4.78 is -0.867. The minimum atomic E-state index is -1.75. The quantitative estimate of drug-likeness (QED) is 0.238. The van der Waals surface area contributed by atoms with Crippen LogP contribution in [0.15, 0.2) is 0 Å². The van der Waals surface area contributed by atoms with Gasteiger partial charge >= 0.3 is 6.03 Å². The van der Waals surface area contributed by atoms with Gasteiger partial charge in [0.2, 0.25) is 0 Å². The second-order valence-corrected chi connectivity index (χ2v) is 3.83. The van der Waals surface area contributed by atoms with E-state index < -0.39 is 16.4 Å². The predicted octanol–water partition coefficient (Wildman–Crippen LogP) is 1.02. The van der Waals surface area contributed by atoms with Crippen molar-refractivity contribution in [3.8, 4) is 0 Å². The molecule has 1 fully saturated rings. The lowest BCUT2D eigenvalue weighted by Crippen LogP contribution is -2.32. The number of alkyl halides is 2. The number of halogens is 3. The fourth-order valence-electron chi connectivity index (χ4n) is 0.438. The lowest BCUT2D eigenvalue weighted by molar-refractivity contribution is -0.119. The van der Waals surface area contributed by atoms with Crippen LogP contribution in [0.3, 0.4) is 0 Å². The molecule has 0 radical (unpaired) electrons. The molecule has 0 aliphatic carbocycles. The molecule has 0 atom stereocenters. The number of hydrogen-bond donors (Lipinski definition) is 1. The number of nitrogens with one attached hydrogen (secondary N) is 1. The van der Waals surface area contributed by atoms with Gasteiger partial charge in [-0.25, -0.2) is 7.91 Å². The summed E-state index contributed by atoms with van der Waals surface area (Å²) in [5.41, 5.74) is 0. The zero-order chi connectivity index (χ0) is 7.94. The van der Waals surface area contributed by atoms with Crippen LogP contribution in [-0.4, -0.2) is 19.5 Å². The molecule has 0 aromatic carbocycles. The third kappa shape index (κ3) is 1.06. The first kappa shape index (κ1) is 8.35. The maximum atomic E-state index is 10.7. The van der Waals surface area contributed by atoms with Crippen LogP contribution < -0.4 is 5.32 Å². The van der Waals surface area contributed by atoms with Crippen molar-refractivity contribution < 1.29 is 9.59 Å². The zero-order valence-electron chi connectivity index (χ0n) is 4.40. The van der Waals surface area contributed by atoms with E-state index in [1.807, 2.05) is 5.32 Å². The van der Waals surface area contributed by atoms with E-state index in [2.05, 4.69) is 0 Å². The van der Waals surface area contributed by atoms with Crippen molar-refractivity contribution in [1.82, 2.24) is 8.43 Å². The van der Waals surface area contributed by atoms with Crippen molar-refractivity contribution in [2.75, 3.05) is 0 Å². The van der Waals surface area contributed by atoms with Gasteiger partial charge in [0, 0.05) is 0 Å². The summed E-state index contributed by atoms with van der Waals surface area (Å²) in [5, 5.41) is 1.93. The zero-order valence-corrected chi connectivity index (χ0v) is 8.07. The molecular formula is C3HCl2IN2O2. The molecule has 1 heterocycles. The van der Waals surface area contributed by atoms with E-state index >= 15 is 0 Å². The topological polar surface area (TPSA) is 49.4 Å². The maximum Gasteiger partial charge on any atom is 0.335 e. The molecular weight excluding hydrogens is 294 g/mol. The molecule has 56 valence electrons. The molecule has 0 unspecified atom stereocenters. The van der Waals surface area contributed by atoms with Gasteiger partial charge in [-0.1, -0.05) is 23.2 Å². The molecule has 0 aromatic heterocycles. The van der Waals surface area contributed by atoms with E-state index in [4.69, 9.17) is 23.2 Å². The van der Waals surface area contributed by atoms with Crippen LogP contribution in [0.4, 0.5) is 4.79 Å². The first-order chi connectivity index (χ1) is 4.46. The van der Waals surface area contributed by atoms with Gasteiger partial charge in [-0.05, 0) is 0 Å². The van der Waals surface area contributed by atoms with Crippen LogP contribution in [0, 0.1) is 0 Å². The Morgan fingerprint density at radius 3 is 2.10 bits per heavy atom. The number of rotatable bonds is 0. The van der Waals surface area contributed by atoms with Crippen molar-refractivity contribution >= 4 is 58.0 Å². The Bertz CT molecular complexity index is 207. The third-order valence-electron chi connectivity index (χ3n) is 0.919. The van der Waals surface area contributed by atoms with E-state index in [0.717, 1.165) is 3.11 Å². The van der Waals surface area contributed by atoms with Gasteiger partial charge < -0.3 is 0 Å². The smallest absolute Gasteiger partial charge is 0.273 e. The Morgan fingerprint density at radius 2 is 2.00 bits per heavy atom. The minimum Gasteiger partial charge on any atom is -0.273 e. The summed E-state index contributed by atoms with van der Waals surface area (Å²) >= 11 is 12.4. The van der Waals surface area contributed by atoms with Crippen molar-refractivity contribution in [2.45, 2.75) is 4.46 Å². The second kappa shape index (κ2) is 2.38. The summed E-state index contributed by atoms with van der Waals surface area (Å²) in [6.07, 6.45) is 0. The van der Waals surface area contributed by atoms with Crippen molar-refractivity contribution in [3.63, 3.8) is 0 Å². The summed E-state index contributed by atoms with van der Waals surface area (Å²) in [6.45, 7) is 0. The Kier molecular flexibility index (Phi) is 1.99. The second-order valence-electron chi connectivity index (χ2n) is 1.58. The number of carbonyl (C=O) groups excluding carboxylic acids is 2. The SMILES string of the molecule is O=C1NC(=O)C(Cl)(Cl)N1I. The van der Waals surface area contributed by atoms with Gasteiger partial charge in [0.1, 0.15) is 0 Å². The van der Waals surface area contributed by atoms with Crippen molar-refractivity contribution in [1.29, 1.82) is 0 Å². The summed E-state index contributed by atoms with van der Waals surface area (Å²) in [7, 11) is 0. The highest BCUT2D eigenvalue weighted by Gasteiger charge is 2.49. The monoisotopic (exact) mass is 294 g/mol. The average molecular weight is 295 g/mol. The predicted molar refractivity (Wildman–Crippen MR) is 43.8 cm³/mol. The average Bonchev–Trinajstić information content (AvgIpc) is 1.97. The van der Waals surface area contributed by atoms with Gasteiger partial charge in [0.25, 0.3) is 10.4 Å². The minimum absolute atomic E-state index is 0.601. The molecule has 1 N–H and O–H groups in total. The third-order valence-corrected chi connectivity index (χ3v) is 3.33. The molecule has 10 heavy (non-hydrogen) atoms. The first-order valence-electron chi connectivity index (χ1n) is 2.15. The number of amides is 3. The molecule has 4 nitrogen and oxygen atoms in total. The Morgan fingerprint density at radius 1 is 1.50 bits per heavy atom. The van der Waals surface area contributed by atoms with Crippen LogP contribution in [-0.2, 0) is 4.79 Å². The normalized spacial score (nSPS) is 23.3. The summed E-state index contributed by atoms with van der Waals surface area (Å²) in [5.74, 6) is -0.713. The number of carbonyl (C=O) groups is 2. The van der Waals surface area contributed by atoms with Gasteiger partial charge in [-0.3, -0.25) is 10.1 Å². The molecule has 0 aromatic rings. The van der Waals surface area contributed by atoms with Crippen molar-refractivity contribution in [3.05, 3.63) is 0 Å². The highest BCUT2D eigenvalue weighted by atomic mass is 127. The Labute approximate surface area is 80.3 Å². The van der Waals surface area contributed by atoms with E-state index in [-0.39, 0.29) is 0 Å². The van der Waals surface area contributed by atoms with E-state index in [1.165, 1.54) is 0 Å². The van der Waals surface area contributed by atoms with E-state index in [0.29, 0.717) is 0 Å². The highest BCUT2D eigenvalue weighted by molar-refractivity contribution is 14.1. The lowest BCUT2D eigenvalue weighted by Gasteiger charge is -2.14. The van der Waals surface area contributed by atoms with Gasteiger partial charge in [-0.15, -0.1) is 0 Å². The molecule has 1 rings (SSSR count). The van der Waals surface area contributed by atoms with Crippen LogP contribution in [0.2, 0.25) is 0 Å². The Balaban J connectivity index is 2.96. The van der Waals surface area contributed by atoms with E-state index in [9.17, 15) is 9.59 Å². The molecule has 7 heteroatoms. The van der Waals surface area contributed by atoms with Gasteiger partial charge in [0.15, 0.2) is 0 Å². The molecule has 1 aliphatic heterocycles. The lowest BCUT2D eigenvalue weighted by atomic mass is 10.6. The largest absolute Gasteiger partial charge is 0.335 e. The number of nitrogens with zero attached hydrogens (tertiary/aromatic N) is 1. The molecule has 0 saturated carbocycles. The maximum absolute atomic E-state index is 10.7. The van der Waals surface area contributed by atoms with Crippen LogP contribution in [0.1, 0.15) is 0 Å². The first-order valence-corrected chi connectivity index (χ1v) is 3.87. The van der Waals surface area contributed by atoms with E-state index in [1.54, 1.807) is 22.9 Å². The number of urea groups is 1. The van der Waals surface area contributed by atoms with Crippen LogP contribution in [0.25, 0.3) is 0 Å². The summed E-state index contributed by atoms with van der Waals surface area (Å²) in [6, 6.07) is -0.601.